The third-order valence-electron chi connectivity index (χ3n) is 7.99. The molecule has 0 N–H and O–H groups in total. The van der Waals surface area contributed by atoms with Crippen molar-refractivity contribution in [2.24, 2.45) is 0 Å². The lowest BCUT2D eigenvalue weighted by molar-refractivity contribution is -0.308. The van der Waals surface area contributed by atoms with Gasteiger partial charge in [0.05, 0.1) is 33.0 Å². The van der Waals surface area contributed by atoms with E-state index in [9.17, 15) is 8.42 Å². The fraction of sp³-hybridized carbons (Fsp3) is 0.250. The number of ether oxygens (including phenoxy) is 5. The molecule has 1 unspecified atom stereocenters. The Morgan fingerprint density at radius 1 is 0.500 bits per heavy atom. The van der Waals surface area contributed by atoms with E-state index in [1.165, 1.54) is 0 Å². The van der Waals surface area contributed by atoms with Crippen LogP contribution in [0.3, 0.4) is 0 Å². The second kappa shape index (κ2) is 18.4. The summed E-state index contributed by atoms with van der Waals surface area (Å²) in [5.41, 5.74) is 3.77. The molecule has 10 heteroatoms. The first-order chi connectivity index (χ1) is 24.5. The molecular weight excluding hydrogens is 673 g/mol. The SMILES string of the molecule is O=S(=O)(OC1O[C@H](COCc2ccccc2)[C@@H](OCc2ccccc2)[C@H](OCc2ccccc2)[C@H]1OCc1ccccc1)Sc1ccccc1. The number of rotatable bonds is 17. The Morgan fingerprint density at radius 3 is 1.38 bits per heavy atom. The zero-order valence-corrected chi connectivity index (χ0v) is 29.1. The summed E-state index contributed by atoms with van der Waals surface area (Å²) in [6.45, 7) is 1.04. The van der Waals surface area contributed by atoms with Crippen LogP contribution in [0.5, 0.6) is 0 Å². The first kappa shape index (κ1) is 36.0. The number of hydrogen-bond donors (Lipinski definition) is 0. The molecule has 5 aromatic rings. The van der Waals surface area contributed by atoms with Crippen LogP contribution in [0.2, 0.25) is 0 Å². The van der Waals surface area contributed by atoms with Crippen molar-refractivity contribution in [2.75, 3.05) is 6.61 Å². The summed E-state index contributed by atoms with van der Waals surface area (Å²) < 4.78 is 65.5. The van der Waals surface area contributed by atoms with E-state index < -0.39 is 39.9 Å². The molecule has 1 heterocycles. The highest BCUT2D eigenvalue weighted by atomic mass is 33.1. The van der Waals surface area contributed by atoms with Crippen LogP contribution in [0.4, 0.5) is 0 Å². The van der Waals surface area contributed by atoms with Crippen molar-refractivity contribution in [3.8, 4) is 0 Å². The van der Waals surface area contributed by atoms with Gasteiger partial charge in [-0.15, -0.1) is 0 Å². The third kappa shape index (κ3) is 10.8. The van der Waals surface area contributed by atoms with E-state index in [1.54, 1.807) is 24.3 Å². The molecule has 0 saturated carbocycles. The van der Waals surface area contributed by atoms with E-state index in [4.69, 9.17) is 27.9 Å². The quantitative estimate of drug-likeness (QED) is 0.0899. The minimum absolute atomic E-state index is 0.0800. The Bertz CT molecular complexity index is 1800. The Hall–Kier alpha value is -3.84. The Labute approximate surface area is 297 Å². The van der Waals surface area contributed by atoms with E-state index >= 15 is 0 Å². The zero-order chi connectivity index (χ0) is 34.4. The first-order valence-electron chi connectivity index (χ1n) is 16.4. The highest BCUT2D eigenvalue weighted by Crippen LogP contribution is 2.35. The van der Waals surface area contributed by atoms with Gasteiger partial charge in [-0.3, -0.25) is 0 Å². The van der Waals surface area contributed by atoms with Crippen LogP contribution in [0, 0.1) is 0 Å². The van der Waals surface area contributed by atoms with Crippen LogP contribution in [-0.2, 0) is 63.4 Å². The van der Waals surface area contributed by atoms with Gasteiger partial charge in [-0.05, 0) is 34.4 Å². The molecule has 1 saturated heterocycles. The van der Waals surface area contributed by atoms with Gasteiger partial charge in [0, 0.05) is 15.7 Å². The second-order valence-electron chi connectivity index (χ2n) is 11.7. The van der Waals surface area contributed by atoms with Crippen molar-refractivity contribution < 1.29 is 36.3 Å². The largest absolute Gasteiger partial charge is 0.374 e. The predicted octanol–water partition coefficient (Wildman–Crippen LogP) is 7.74. The van der Waals surface area contributed by atoms with Gasteiger partial charge in [0.25, 0.3) is 0 Å². The van der Waals surface area contributed by atoms with Crippen molar-refractivity contribution in [1.29, 1.82) is 0 Å². The van der Waals surface area contributed by atoms with Gasteiger partial charge in [0.2, 0.25) is 6.29 Å². The van der Waals surface area contributed by atoms with Gasteiger partial charge < -0.3 is 23.7 Å². The summed E-state index contributed by atoms with van der Waals surface area (Å²) in [5.74, 6) is 0. The fourth-order valence-corrected chi connectivity index (χ4v) is 7.88. The molecule has 0 aromatic heterocycles. The molecule has 1 fully saturated rings. The lowest BCUT2D eigenvalue weighted by Gasteiger charge is -2.45. The highest BCUT2D eigenvalue weighted by molar-refractivity contribution is 8.70. The molecule has 1 aliphatic rings. The van der Waals surface area contributed by atoms with Crippen molar-refractivity contribution in [3.63, 3.8) is 0 Å². The minimum Gasteiger partial charge on any atom is -0.374 e. The van der Waals surface area contributed by atoms with Gasteiger partial charge in [0.15, 0.2) is 0 Å². The fourth-order valence-electron chi connectivity index (χ4n) is 5.55. The number of hydrogen-bond acceptors (Lipinski definition) is 9. The Morgan fingerprint density at radius 2 is 0.900 bits per heavy atom. The first-order valence-corrected chi connectivity index (χ1v) is 19.2. The lowest BCUT2D eigenvalue weighted by atomic mass is 9.98. The summed E-state index contributed by atoms with van der Waals surface area (Å²) in [4.78, 5) is 0.508. The van der Waals surface area contributed by atoms with Crippen LogP contribution >= 0.6 is 10.8 Å². The van der Waals surface area contributed by atoms with Gasteiger partial charge in [-0.1, -0.05) is 140 Å². The van der Waals surface area contributed by atoms with Crippen molar-refractivity contribution in [3.05, 3.63) is 174 Å². The highest BCUT2D eigenvalue weighted by Gasteiger charge is 2.50. The predicted molar refractivity (Wildman–Crippen MR) is 192 cm³/mol. The molecule has 8 nitrogen and oxygen atoms in total. The second-order valence-corrected chi connectivity index (χ2v) is 15.1. The molecule has 260 valence electrons. The summed E-state index contributed by atoms with van der Waals surface area (Å²) >= 11 is 0. The van der Waals surface area contributed by atoms with E-state index in [1.807, 2.05) is 127 Å². The molecule has 0 amide bonds. The molecular formula is C40H40O8S2. The van der Waals surface area contributed by atoms with Crippen LogP contribution in [0.15, 0.2) is 157 Å². The van der Waals surface area contributed by atoms with Crippen LogP contribution < -0.4 is 0 Å². The third-order valence-corrected chi connectivity index (χ3v) is 10.5. The zero-order valence-electron chi connectivity index (χ0n) is 27.4. The van der Waals surface area contributed by atoms with Crippen molar-refractivity contribution in [1.82, 2.24) is 0 Å². The van der Waals surface area contributed by atoms with Crippen LogP contribution in [0.25, 0.3) is 0 Å². The summed E-state index contributed by atoms with van der Waals surface area (Å²) in [6.07, 6.45) is -4.69. The Kier molecular flexibility index (Phi) is 13.2. The molecule has 5 aromatic carbocycles. The molecule has 5 atom stereocenters. The maximum Gasteiger partial charge on any atom is 0.329 e. The van der Waals surface area contributed by atoms with E-state index in [0.29, 0.717) is 22.3 Å². The summed E-state index contributed by atoms with van der Waals surface area (Å²) in [6, 6.07) is 47.7. The monoisotopic (exact) mass is 712 g/mol. The van der Waals surface area contributed by atoms with Crippen LogP contribution in [0.1, 0.15) is 22.3 Å². The standard InChI is InChI=1S/C40H40O8S2/c41-50(42,49-35-24-14-5-15-25-35)48-40-39(46-29-34-22-12-4-13-23-34)38(45-28-33-20-10-3-11-21-33)37(44-27-32-18-8-2-9-19-32)36(47-40)30-43-26-31-16-6-1-7-17-31/h1-25,36-40H,26-30H2/t36-,37-,38+,39-,40?/m1/s1. The smallest absolute Gasteiger partial charge is 0.329 e. The van der Waals surface area contributed by atoms with Crippen molar-refractivity contribution >= 4 is 19.9 Å². The van der Waals surface area contributed by atoms with Crippen molar-refractivity contribution in [2.45, 2.75) is 62.0 Å². The van der Waals surface area contributed by atoms with Gasteiger partial charge in [-0.25, -0.2) is 4.18 Å². The van der Waals surface area contributed by atoms with Gasteiger partial charge >= 0.3 is 9.15 Å². The van der Waals surface area contributed by atoms with Gasteiger partial charge in [0.1, 0.15) is 24.4 Å². The molecule has 0 radical (unpaired) electrons. The van der Waals surface area contributed by atoms with Crippen LogP contribution in [-0.4, -0.2) is 45.7 Å². The average Bonchev–Trinajstić information content (AvgIpc) is 3.15. The Balaban J connectivity index is 1.32. The lowest BCUT2D eigenvalue weighted by Crippen LogP contribution is -2.62. The molecule has 0 spiro atoms. The molecule has 0 bridgehead atoms. The number of benzene rings is 5. The maximum absolute atomic E-state index is 13.6. The topological polar surface area (TPSA) is 89.5 Å². The van der Waals surface area contributed by atoms with E-state index in [2.05, 4.69) is 0 Å². The summed E-state index contributed by atoms with van der Waals surface area (Å²) in [5, 5.41) is 0. The van der Waals surface area contributed by atoms with Gasteiger partial charge in [-0.2, -0.15) is 8.42 Å². The average molecular weight is 713 g/mol. The normalized spacial score (nSPS) is 20.8. The summed E-state index contributed by atoms with van der Waals surface area (Å²) in [7, 11) is -3.62. The van der Waals surface area contributed by atoms with E-state index in [0.717, 1.165) is 22.3 Å². The molecule has 50 heavy (non-hydrogen) atoms. The molecule has 6 rings (SSSR count). The molecule has 0 aliphatic carbocycles. The molecule has 1 aliphatic heterocycles. The van der Waals surface area contributed by atoms with E-state index in [-0.39, 0.29) is 26.4 Å². The maximum atomic E-state index is 13.6. The minimum atomic E-state index is -4.23.